The van der Waals surface area contributed by atoms with Crippen molar-refractivity contribution in [3.8, 4) is 11.6 Å². The molecule has 0 spiro atoms. The molecule has 1 aliphatic heterocycles. The third kappa shape index (κ3) is 5.43. The van der Waals surface area contributed by atoms with Crippen molar-refractivity contribution in [1.82, 2.24) is 9.29 Å². The summed E-state index contributed by atoms with van der Waals surface area (Å²) in [5, 5.41) is 0. The molecule has 164 valence electrons. The molecule has 8 heteroatoms. The van der Waals surface area contributed by atoms with Crippen LogP contribution in [0.4, 0.5) is 5.69 Å². The minimum Gasteiger partial charge on any atom is -0.491 e. The molecule has 0 amide bonds. The van der Waals surface area contributed by atoms with E-state index in [1.807, 2.05) is 26.0 Å². The maximum absolute atomic E-state index is 13.0. The van der Waals surface area contributed by atoms with Crippen LogP contribution >= 0.6 is 0 Å². The first kappa shape index (κ1) is 22.4. The van der Waals surface area contributed by atoms with E-state index in [1.165, 1.54) is 4.31 Å². The molecule has 1 aromatic heterocycles. The van der Waals surface area contributed by atoms with Gasteiger partial charge in [-0.25, -0.2) is 13.4 Å². The third-order valence-electron chi connectivity index (χ3n) is 4.90. The van der Waals surface area contributed by atoms with Gasteiger partial charge in [-0.3, -0.25) is 0 Å². The molecule has 0 aliphatic carbocycles. The fraction of sp³-hybridized carbons (Fsp3) is 0.500. The molecule has 1 aliphatic rings. The van der Waals surface area contributed by atoms with Gasteiger partial charge in [0, 0.05) is 32.4 Å². The third-order valence-corrected chi connectivity index (χ3v) is 6.81. The van der Waals surface area contributed by atoms with Gasteiger partial charge < -0.3 is 14.4 Å². The van der Waals surface area contributed by atoms with Crippen LogP contribution in [0.15, 0.2) is 47.5 Å². The number of sulfonamides is 1. The lowest BCUT2D eigenvalue weighted by Gasteiger charge is -2.35. The van der Waals surface area contributed by atoms with Crippen LogP contribution in [0.25, 0.3) is 0 Å². The maximum Gasteiger partial charge on any atom is 0.243 e. The summed E-state index contributed by atoms with van der Waals surface area (Å²) >= 11 is 0. The van der Waals surface area contributed by atoms with E-state index in [9.17, 15) is 8.42 Å². The van der Waals surface area contributed by atoms with Crippen LogP contribution in [0.1, 0.15) is 33.6 Å². The highest BCUT2D eigenvalue weighted by Crippen LogP contribution is 2.28. The van der Waals surface area contributed by atoms with E-state index >= 15 is 0 Å². The van der Waals surface area contributed by atoms with Crippen molar-refractivity contribution in [2.45, 2.75) is 44.6 Å². The number of hydrogen-bond acceptors (Lipinski definition) is 6. The van der Waals surface area contributed by atoms with Crippen molar-refractivity contribution in [3.63, 3.8) is 0 Å². The Morgan fingerprint density at radius 1 is 1.07 bits per heavy atom. The molecule has 1 fully saturated rings. The molecule has 30 heavy (non-hydrogen) atoms. The van der Waals surface area contributed by atoms with Gasteiger partial charge in [0.1, 0.15) is 5.75 Å². The molecular weight excluding hydrogens is 402 g/mol. The van der Waals surface area contributed by atoms with Crippen LogP contribution in [-0.4, -0.2) is 56.6 Å². The summed E-state index contributed by atoms with van der Waals surface area (Å²) < 4.78 is 39.0. The van der Waals surface area contributed by atoms with Gasteiger partial charge in [-0.15, -0.1) is 0 Å². The fourth-order valence-electron chi connectivity index (χ4n) is 3.33. The molecule has 0 saturated carbocycles. The van der Waals surface area contributed by atoms with Crippen LogP contribution in [0.5, 0.6) is 11.6 Å². The first-order chi connectivity index (χ1) is 14.4. The van der Waals surface area contributed by atoms with Crippen LogP contribution in [0, 0.1) is 0 Å². The number of nitrogens with zero attached hydrogens (tertiary/aromatic N) is 3. The Labute approximate surface area is 179 Å². The second-order valence-electron chi connectivity index (χ2n) is 7.56. The highest BCUT2D eigenvalue weighted by Gasteiger charge is 2.29. The normalized spacial score (nSPS) is 15.4. The Balaban J connectivity index is 1.65. The zero-order chi connectivity index (χ0) is 21.6. The standard InChI is InChI=1S/C22H31N3O4S/c1-4-5-17-28-22-21(7-6-12-23-22)24-13-15-25(16-14-24)30(26,27)20-10-8-19(9-11-20)29-18(2)3/h6-12,18H,4-5,13-17H2,1-3H3. The second kappa shape index (κ2) is 10.1. The van der Waals surface area contributed by atoms with Gasteiger partial charge in [0.15, 0.2) is 0 Å². The lowest BCUT2D eigenvalue weighted by atomic mass is 10.3. The minimum absolute atomic E-state index is 0.0452. The Hall–Kier alpha value is -2.32. The van der Waals surface area contributed by atoms with Gasteiger partial charge in [0.25, 0.3) is 0 Å². The number of anilines is 1. The molecule has 0 radical (unpaired) electrons. The molecule has 1 aromatic carbocycles. The minimum atomic E-state index is -3.54. The summed E-state index contributed by atoms with van der Waals surface area (Å²) in [6.07, 6.45) is 3.80. The number of aromatic nitrogens is 1. The van der Waals surface area contributed by atoms with E-state index in [0.717, 1.165) is 18.5 Å². The van der Waals surface area contributed by atoms with Crippen LogP contribution in [0.3, 0.4) is 0 Å². The smallest absolute Gasteiger partial charge is 0.243 e. The second-order valence-corrected chi connectivity index (χ2v) is 9.50. The number of pyridine rings is 1. The lowest BCUT2D eigenvalue weighted by Crippen LogP contribution is -2.48. The number of benzene rings is 1. The Morgan fingerprint density at radius 2 is 1.77 bits per heavy atom. The summed E-state index contributed by atoms with van der Waals surface area (Å²) in [6, 6.07) is 10.5. The predicted octanol–water partition coefficient (Wildman–Crippen LogP) is 3.56. The average molecular weight is 434 g/mol. The number of unbranched alkanes of at least 4 members (excludes halogenated alkanes) is 1. The Kier molecular flexibility index (Phi) is 7.55. The molecular formula is C22H31N3O4S. The van der Waals surface area contributed by atoms with Crippen molar-refractivity contribution in [3.05, 3.63) is 42.6 Å². The number of piperazine rings is 1. The van der Waals surface area contributed by atoms with Gasteiger partial charge in [-0.2, -0.15) is 4.31 Å². The molecule has 0 atom stereocenters. The van der Waals surface area contributed by atoms with Crippen LogP contribution in [-0.2, 0) is 10.0 Å². The molecule has 7 nitrogen and oxygen atoms in total. The van der Waals surface area contributed by atoms with E-state index in [4.69, 9.17) is 9.47 Å². The number of hydrogen-bond donors (Lipinski definition) is 0. The molecule has 2 aromatic rings. The van der Waals surface area contributed by atoms with Gasteiger partial charge >= 0.3 is 0 Å². The summed E-state index contributed by atoms with van der Waals surface area (Å²) in [4.78, 5) is 6.79. The predicted molar refractivity (Wildman–Crippen MR) is 118 cm³/mol. The topological polar surface area (TPSA) is 72.0 Å². The van der Waals surface area contributed by atoms with E-state index in [1.54, 1.807) is 30.5 Å². The Bertz CT molecular complexity index is 908. The molecule has 0 bridgehead atoms. The monoisotopic (exact) mass is 433 g/mol. The molecule has 3 rings (SSSR count). The van der Waals surface area contributed by atoms with Gasteiger partial charge in [0.2, 0.25) is 15.9 Å². The molecule has 0 unspecified atom stereocenters. The zero-order valence-corrected chi connectivity index (χ0v) is 18.8. The molecule has 2 heterocycles. The number of ether oxygens (including phenoxy) is 2. The van der Waals surface area contributed by atoms with Crippen molar-refractivity contribution >= 4 is 15.7 Å². The van der Waals surface area contributed by atoms with Crippen molar-refractivity contribution in [2.75, 3.05) is 37.7 Å². The summed E-state index contributed by atoms with van der Waals surface area (Å²) in [6.45, 7) is 8.62. The average Bonchev–Trinajstić information content (AvgIpc) is 2.74. The summed E-state index contributed by atoms with van der Waals surface area (Å²) in [7, 11) is -3.54. The van der Waals surface area contributed by atoms with Gasteiger partial charge in [-0.05, 0) is 56.7 Å². The quantitative estimate of drug-likeness (QED) is 0.563. The van der Waals surface area contributed by atoms with Crippen molar-refractivity contribution in [1.29, 1.82) is 0 Å². The van der Waals surface area contributed by atoms with Gasteiger partial charge in [0.05, 0.1) is 23.3 Å². The van der Waals surface area contributed by atoms with E-state index in [-0.39, 0.29) is 11.0 Å². The molecule has 1 saturated heterocycles. The first-order valence-corrected chi connectivity index (χ1v) is 12.0. The van der Waals surface area contributed by atoms with Crippen molar-refractivity contribution in [2.24, 2.45) is 0 Å². The SMILES string of the molecule is CCCCOc1ncccc1N1CCN(S(=O)(=O)c2ccc(OC(C)C)cc2)CC1. The molecule has 0 N–H and O–H groups in total. The number of rotatable bonds is 9. The maximum atomic E-state index is 13.0. The zero-order valence-electron chi connectivity index (χ0n) is 18.0. The van der Waals surface area contributed by atoms with E-state index in [0.29, 0.717) is 44.4 Å². The van der Waals surface area contributed by atoms with E-state index < -0.39 is 10.0 Å². The highest BCUT2D eigenvalue weighted by molar-refractivity contribution is 7.89. The van der Waals surface area contributed by atoms with E-state index in [2.05, 4.69) is 16.8 Å². The van der Waals surface area contributed by atoms with Crippen molar-refractivity contribution < 1.29 is 17.9 Å². The fourth-order valence-corrected chi connectivity index (χ4v) is 4.75. The largest absolute Gasteiger partial charge is 0.491 e. The lowest BCUT2D eigenvalue weighted by molar-refractivity contribution is 0.242. The first-order valence-electron chi connectivity index (χ1n) is 10.5. The highest BCUT2D eigenvalue weighted by atomic mass is 32.2. The summed E-state index contributed by atoms with van der Waals surface area (Å²) in [5.74, 6) is 1.28. The van der Waals surface area contributed by atoms with Crippen LogP contribution in [0.2, 0.25) is 0 Å². The van der Waals surface area contributed by atoms with Gasteiger partial charge in [-0.1, -0.05) is 13.3 Å². The Morgan fingerprint density at radius 3 is 2.40 bits per heavy atom. The van der Waals surface area contributed by atoms with Crippen LogP contribution < -0.4 is 14.4 Å². The summed E-state index contributed by atoms with van der Waals surface area (Å²) in [5.41, 5.74) is 0.917.